The van der Waals surface area contributed by atoms with Gasteiger partial charge in [0.15, 0.2) is 11.5 Å². The van der Waals surface area contributed by atoms with Crippen LogP contribution in [0.1, 0.15) is 75.7 Å². The molecule has 1 aromatic carbocycles. The summed E-state index contributed by atoms with van der Waals surface area (Å²) in [5.41, 5.74) is 0.968. The van der Waals surface area contributed by atoms with Gasteiger partial charge in [-0.15, -0.1) is 0 Å². The minimum absolute atomic E-state index is 0.0380. The number of rotatable bonds is 2. The number of aromatic hydroxyl groups is 2. The Morgan fingerprint density at radius 2 is 1.92 bits per heavy atom. The van der Waals surface area contributed by atoms with Crippen LogP contribution >= 0.6 is 0 Å². The second-order valence-corrected chi connectivity index (χ2v) is 9.10. The second kappa shape index (κ2) is 5.38. The van der Waals surface area contributed by atoms with E-state index in [4.69, 9.17) is 9.47 Å². The molecule has 0 spiro atoms. The highest BCUT2D eigenvalue weighted by Crippen LogP contribution is 2.67. The molecule has 4 atom stereocenters. The van der Waals surface area contributed by atoms with Crippen LogP contribution in [0.4, 0.5) is 0 Å². The lowest BCUT2D eigenvalue weighted by molar-refractivity contribution is -0.149. The summed E-state index contributed by atoms with van der Waals surface area (Å²) in [5.74, 6) is -0.621. The van der Waals surface area contributed by atoms with E-state index < -0.39 is 11.5 Å². The Hall–Kier alpha value is -1.75. The molecule has 2 bridgehead atoms. The third kappa shape index (κ3) is 1.92. The monoisotopic (exact) mass is 360 g/mol. The van der Waals surface area contributed by atoms with Gasteiger partial charge in [0.1, 0.15) is 17.6 Å². The molecule has 26 heavy (non-hydrogen) atoms. The van der Waals surface area contributed by atoms with Gasteiger partial charge in [-0.05, 0) is 35.8 Å². The molecule has 1 unspecified atom stereocenters. The van der Waals surface area contributed by atoms with Crippen molar-refractivity contribution in [3.8, 4) is 11.5 Å². The molecule has 2 fully saturated rings. The van der Waals surface area contributed by atoms with Crippen molar-refractivity contribution in [2.75, 3.05) is 7.11 Å². The number of esters is 1. The highest BCUT2D eigenvalue weighted by molar-refractivity contribution is 5.90. The van der Waals surface area contributed by atoms with Crippen molar-refractivity contribution in [3.05, 3.63) is 22.8 Å². The van der Waals surface area contributed by atoms with Crippen LogP contribution < -0.4 is 0 Å². The quantitative estimate of drug-likeness (QED) is 0.618. The molecule has 0 aromatic heterocycles. The number of carbonyl (C=O) groups is 1. The maximum absolute atomic E-state index is 13.1. The molecule has 0 amide bonds. The Morgan fingerprint density at radius 1 is 1.23 bits per heavy atom. The highest BCUT2D eigenvalue weighted by Gasteiger charge is 2.70. The normalized spacial score (nSPS) is 34.4. The van der Waals surface area contributed by atoms with Crippen molar-refractivity contribution in [1.82, 2.24) is 0 Å². The number of benzene rings is 1. The predicted molar refractivity (Wildman–Crippen MR) is 96.3 cm³/mol. The largest absolute Gasteiger partial charge is 0.504 e. The van der Waals surface area contributed by atoms with Crippen molar-refractivity contribution in [3.63, 3.8) is 0 Å². The van der Waals surface area contributed by atoms with E-state index in [9.17, 15) is 15.0 Å². The number of phenolic OH excluding ortho intramolecular Hbond substituents is 2. The molecule has 1 heterocycles. The lowest BCUT2D eigenvalue weighted by Gasteiger charge is -2.52. The van der Waals surface area contributed by atoms with Crippen LogP contribution in [-0.4, -0.2) is 29.4 Å². The average molecular weight is 360 g/mol. The van der Waals surface area contributed by atoms with Crippen LogP contribution in [0.15, 0.2) is 6.07 Å². The molecule has 2 N–H and O–H groups in total. The van der Waals surface area contributed by atoms with E-state index >= 15 is 0 Å². The molecule has 142 valence electrons. The van der Waals surface area contributed by atoms with Crippen molar-refractivity contribution in [1.29, 1.82) is 0 Å². The van der Waals surface area contributed by atoms with Crippen molar-refractivity contribution in [2.24, 2.45) is 11.3 Å². The topological polar surface area (TPSA) is 76.0 Å². The van der Waals surface area contributed by atoms with Crippen LogP contribution in [-0.2, 0) is 19.7 Å². The lowest BCUT2D eigenvalue weighted by atomic mass is 9.49. The summed E-state index contributed by atoms with van der Waals surface area (Å²) < 4.78 is 11.7. The molecule has 1 saturated carbocycles. The molecule has 4 rings (SSSR count). The van der Waals surface area contributed by atoms with Crippen LogP contribution in [0.5, 0.6) is 11.5 Å². The summed E-state index contributed by atoms with van der Waals surface area (Å²) in [6.45, 7) is 8.26. The molecular weight excluding hydrogens is 332 g/mol. The van der Waals surface area contributed by atoms with E-state index in [2.05, 4.69) is 13.8 Å². The lowest BCUT2D eigenvalue weighted by Crippen LogP contribution is -2.54. The van der Waals surface area contributed by atoms with Crippen molar-refractivity contribution >= 4 is 5.97 Å². The molecule has 1 aromatic rings. The average Bonchev–Trinajstić information content (AvgIpc) is 2.81. The van der Waals surface area contributed by atoms with Crippen LogP contribution in [0, 0.1) is 11.3 Å². The van der Waals surface area contributed by atoms with Gasteiger partial charge in [0.25, 0.3) is 0 Å². The zero-order valence-corrected chi connectivity index (χ0v) is 16.1. The van der Waals surface area contributed by atoms with E-state index in [0.29, 0.717) is 17.5 Å². The fourth-order valence-electron chi connectivity index (χ4n) is 5.94. The summed E-state index contributed by atoms with van der Waals surface area (Å²) in [7, 11) is 1.61. The molecular formula is C21H28O5. The van der Waals surface area contributed by atoms with E-state index in [-0.39, 0.29) is 40.8 Å². The summed E-state index contributed by atoms with van der Waals surface area (Å²) >= 11 is 0. The number of phenols is 2. The molecule has 5 nitrogen and oxygen atoms in total. The Bertz CT molecular complexity index is 781. The minimum Gasteiger partial charge on any atom is -0.504 e. The van der Waals surface area contributed by atoms with Crippen LogP contribution in [0.2, 0.25) is 0 Å². The third-order valence-corrected chi connectivity index (χ3v) is 6.96. The maximum Gasteiger partial charge on any atom is 0.317 e. The first-order valence-corrected chi connectivity index (χ1v) is 9.50. The molecule has 5 heteroatoms. The zero-order valence-electron chi connectivity index (χ0n) is 16.1. The minimum atomic E-state index is -0.895. The predicted octanol–water partition coefficient (Wildman–Crippen LogP) is 3.91. The van der Waals surface area contributed by atoms with Crippen molar-refractivity contribution < 1.29 is 24.5 Å². The SMILES string of the molecule is COC1c2cc(C(C)C)c(O)c(O)c2[C@@]23CCCC(C)(C)[C@@H]2[C@@H]1OC3=O. The Balaban J connectivity index is 2.08. The summed E-state index contributed by atoms with van der Waals surface area (Å²) in [6, 6.07) is 1.90. The fourth-order valence-corrected chi connectivity index (χ4v) is 5.94. The van der Waals surface area contributed by atoms with E-state index in [1.165, 1.54) is 0 Å². The van der Waals surface area contributed by atoms with E-state index in [0.717, 1.165) is 18.4 Å². The standard InChI is InChI=1S/C21H28O5/c1-10(2)11-9-12-13(15(23)14(11)22)21-8-6-7-20(3,4)18(21)17(16(12)25-5)26-19(21)24/h9-10,16-18,22-23H,6-8H2,1-5H3/t16?,17-,18+,21+/m1/s1. The molecule has 1 saturated heterocycles. The van der Waals surface area contributed by atoms with Gasteiger partial charge in [-0.3, -0.25) is 4.79 Å². The molecule has 0 radical (unpaired) electrons. The van der Waals surface area contributed by atoms with Crippen LogP contribution in [0.25, 0.3) is 0 Å². The first-order chi connectivity index (χ1) is 12.2. The second-order valence-electron chi connectivity index (χ2n) is 9.10. The number of fused-ring (bicyclic) bond motifs is 1. The maximum atomic E-state index is 13.1. The third-order valence-electron chi connectivity index (χ3n) is 6.96. The van der Waals surface area contributed by atoms with Gasteiger partial charge in [-0.25, -0.2) is 0 Å². The van der Waals surface area contributed by atoms with Crippen LogP contribution in [0.3, 0.4) is 0 Å². The number of methoxy groups -OCH3 is 1. The number of hydrogen-bond acceptors (Lipinski definition) is 5. The van der Waals surface area contributed by atoms with Gasteiger partial charge >= 0.3 is 5.97 Å². The van der Waals surface area contributed by atoms with Gasteiger partial charge in [0.05, 0.1) is 0 Å². The smallest absolute Gasteiger partial charge is 0.317 e. The Kier molecular flexibility index (Phi) is 3.65. The summed E-state index contributed by atoms with van der Waals surface area (Å²) in [6.07, 6.45) is 1.72. The van der Waals surface area contributed by atoms with E-state index in [1.807, 2.05) is 19.9 Å². The van der Waals surface area contributed by atoms with Gasteiger partial charge in [0.2, 0.25) is 0 Å². The first kappa shape index (κ1) is 17.7. The van der Waals surface area contributed by atoms with Gasteiger partial charge in [-0.2, -0.15) is 0 Å². The zero-order chi connectivity index (χ0) is 19.0. The first-order valence-electron chi connectivity index (χ1n) is 9.50. The number of carbonyl (C=O) groups excluding carboxylic acids is 1. The molecule has 2 aliphatic carbocycles. The highest BCUT2D eigenvalue weighted by atomic mass is 16.6. The number of hydrogen-bond donors (Lipinski definition) is 2. The summed E-state index contributed by atoms with van der Waals surface area (Å²) in [4.78, 5) is 13.1. The van der Waals surface area contributed by atoms with Gasteiger partial charge < -0.3 is 19.7 Å². The number of ether oxygens (including phenoxy) is 2. The molecule has 3 aliphatic rings. The molecule has 1 aliphatic heterocycles. The Morgan fingerprint density at radius 3 is 2.54 bits per heavy atom. The van der Waals surface area contributed by atoms with E-state index in [1.54, 1.807) is 7.11 Å². The van der Waals surface area contributed by atoms with Crippen molar-refractivity contribution in [2.45, 2.75) is 70.5 Å². The van der Waals surface area contributed by atoms with Gasteiger partial charge in [0, 0.05) is 24.2 Å². The Labute approximate surface area is 154 Å². The summed E-state index contributed by atoms with van der Waals surface area (Å²) in [5, 5.41) is 21.7. The fraction of sp³-hybridized carbons (Fsp3) is 0.667. The van der Waals surface area contributed by atoms with Gasteiger partial charge in [-0.1, -0.05) is 34.1 Å².